The first-order chi connectivity index (χ1) is 5.79. The van der Waals surface area contributed by atoms with Crippen molar-refractivity contribution in [1.82, 2.24) is 9.89 Å². The van der Waals surface area contributed by atoms with Crippen molar-refractivity contribution in [2.24, 2.45) is 0 Å². The average molecular weight is 165 g/mol. The highest BCUT2D eigenvalue weighted by atomic mass is 15.6. The molecular weight excluding hydrogens is 150 g/mol. The molecule has 0 fully saturated rings. The van der Waals surface area contributed by atoms with Gasteiger partial charge in [-0.15, -0.1) is 0 Å². The van der Waals surface area contributed by atoms with Crippen LogP contribution in [0.15, 0.2) is 6.20 Å². The van der Waals surface area contributed by atoms with E-state index in [9.17, 15) is 0 Å². The number of nitrogens with one attached hydrogen (secondary N) is 1. The third kappa shape index (κ3) is 1.09. The van der Waals surface area contributed by atoms with Crippen LogP contribution >= 0.6 is 0 Å². The Labute approximate surface area is 72.7 Å². The number of rotatable bonds is 1. The Morgan fingerprint density at radius 1 is 1.58 bits per heavy atom. The molecule has 2 heterocycles. The first-order valence-corrected chi connectivity index (χ1v) is 4.59. The first-order valence-electron chi connectivity index (χ1n) is 4.59. The minimum atomic E-state index is 0.591. The largest absolute Gasteiger partial charge is 0.310 e. The molecule has 0 aliphatic carbocycles. The molecule has 1 N–H and O–H groups in total. The summed E-state index contributed by atoms with van der Waals surface area (Å²) in [5.41, 5.74) is 6.01. The van der Waals surface area contributed by atoms with Gasteiger partial charge in [0.15, 0.2) is 0 Å². The third-order valence-corrected chi connectivity index (χ3v) is 2.38. The van der Waals surface area contributed by atoms with E-state index in [1.165, 1.54) is 24.1 Å². The molecule has 0 aromatic carbocycles. The molecule has 1 aromatic rings. The van der Waals surface area contributed by atoms with Crippen LogP contribution in [0.5, 0.6) is 0 Å². The summed E-state index contributed by atoms with van der Waals surface area (Å²) in [5.74, 6) is 0.591. The van der Waals surface area contributed by atoms with E-state index in [0.29, 0.717) is 5.92 Å². The molecule has 0 saturated heterocycles. The van der Waals surface area contributed by atoms with Crippen LogP contribution in [-0.2, 0) is 6.42 Å². The summed E-state index contributed by atoms with van der Waals surface area (Å²) in [6.07, 6.45) is 4.38. The molecule has 3 heteroatoms. The molecule has 1 aromatic heterocycles. The number of aromatic nitrogens is 2. The summed E-state index contributed by atoms with van der Waals surface area (Å²) < 4.78 is 0. The summed E-state index contributed by atoms with van der Waals surface area (Å²) in [7, 11) is 0. The van der Waals surface area contributed by atoms with Crippen LogP contribution in [0.4, 0.5) is 0 Å². The second kappa shape index (κ2) is 2.81. The Balaban J connectivity index is 2.38. The van der Waals surface area contributed by atoms with Crippen LogP contribution in [-0.4, -0.2) is 16.4 Å². The van der Waals surface area contributed by atoms with E-state index in [1.807, 2.05) is 11.0 Å². The van der Waals surface area contributed by atoms with E-state index < -0.39 is 0 Å². The van der Waals surface area contributed by atoms with Crippen molar-refractivity contribution >= 4 is 0 Å². The lowest BCUT2D eigenvalue weighted by Crippen LogP contribution is -2.25. The summed E-state index contributed by atoms with van der Waals surface area (Å²) in [4.78, 5) is 1.93. The fraction of sp³-hybridized carbons (Fsp3) is 0.667. The number of hydrogen-bond acceptors (Lipinski definition) is 2. The van der Waals surface area contributed by atoms with Gasteiger partial charge in [0.25, 0.3) is 0 Å². The molecule has 1 aliphatic rings. The van der Waals surface area contributed by atoms with Crippen molar-refractivity contribution in [2.75, 3.05) is 12.0 Å². The standard InChI is InChI=1S/C9H15N3/c1-7(2)8-6-11-12-9(8)4-3-5-10-12/h6-7,10H,3-5H2,1-2H3. The number of hydrogen-bond donors (Lipinski definition) is 1. The van der Waals surface area contributed by atoms with Crippen LogP contribution in [0.1, 0.15) is 37.4 Å². The van der Waals surface area contributed by atoms with Crippen LogP contribution in [0.2, 0.25) is 0 Å². The molecule has 3 nitrogen and oxygen atoms in total. The molecule has 66 valence electrons. The Kier molecular flexibility index (Phi) is 1.79. The minimum absolute atomic E-state index is 0.591. The maximum absolute atomic E-state index is 4.28. The zero-order valence-corrected chi connectivity index (χ0v) is 7.67. The van der Waals surface area contributed by atoms with E-state index in [1.54, 1.807) is 0 Å². The molecule has 0 unspecified atom stereocenters. The monoisotopic (exact) mass is 165 g/mol. The zero-order chi connectivity index (χ0) is 8.55. The fourth-order valence-corrected chi connectivity index (χ4v) is 1.70. The molecular formula is C9H15N3. The van der Waals surface area contributed by atoms with Crippen molar-refractivity contribution in [2.45, 2.75) is 32.6 Å². The van der Waals surface area contributed by atoms with Crippen molar-refractivity contribution in [3.8, 4) is 0 Å². The van der Waals surface area contributed by atoms with Gasteiger partial charge in [-0.2, -0.15) is 9.89 Å². The Morgan fingerprint density at radius 2 is 2.42 bits per heavy atom. The zero-order valence-electron chi connectivity index (χ0n) is 7.67. The van der Waals surface area contributed by atoms with Gasteiger partial charge in [0.2, 0.25) is 0 Å². The molecule has 0 bridgehead atoms. The van der Waals surface area contributed by atoms with Gasteiger partial charge in [0.1, 0.15) is 0 Å². The maximum Gasteiger partial charge on any atom is 0.0655 e. The van der Waals surface area contributed by atoms with Crippen molar-refractivity contribution in [3.63, 3.8) is 0 Å². The van der Waals surface area contributed by atoms with Crippen LogP contribution in [0.25, 0.3) is 0 Å². The van der Waals surface area contributed by atoms with Crippen LogP contribution in [0, 0.1) is 0 Å². The van der Waals surface area contributed by atoms with Gasteiger partial charge in [0.05, 0.1) is 11.9 Å². The van der Waals surface area contributed by atoms with Gasteiger partial charge >= 0.3 is 0 Å². The number of nitrogens with zero attached hydrogens (tertiary/aromatic N) is 2. The predicted octanol–water partition coefficient (Wildman–Crippen LogP) is 1.50. The fourth-order valence-electron chi connectivity index (χ4n) is 1.70. The Hall–Kier alpha value is -0.990. The molecule has 0 saturated carbocycles. The van der Waals surface area contributed by atoms with Gasteiger partial charge in [-0.05, 0) is 24.3 Å². The van der Waals surface area contributed by atoms with E-state index in [0.717, 1.165) is 6.54 Å². The van der Waals surface area contributed by atoms with Crippen LogP contribution < -0.4 is 5.43 Å². The average Bonchev–Trinajstić information content (AvgIpc) is 2.47. The topological polar surface area (TPSA) is 29.9 Å². The van der Waals surface area contributed by atoms with Gasteiger partial charge in [-0.3, -0.25) is 0 Å². The summed E-state index contributed by atoms with van der Waals surface area (Å²) >= 11 is 0. The Bertz CT molecular complexity index is 275. The molecule has 12 heavy (non-hydrogen) atoms. The highest BCUT2D eigenvalue weighted by molar-refractivity contribution is 5.23. The molecule has 0 spiro atoms. The van der Waals surface area contributed by atoms with E-state index in [2.05, 4.69) is 24.4 Å². The molecule has 1 aliphatic heterocycles. The minimum Gasteiger partial charge on any atom is -0.310 e. The van der Waals surface area contributed by atoms with Crippen molar-refractivity contribution < 1.29 is 0 Å². The van der Waals surface area contributed by atoms with Crippen molar-refractivity contribution in [3.05, 3.63) is 17.5 Å². The van der Waals surface area contributed by atoms with Crippen LogP contribution in [0.3, 0.4) is 0 Å². The van der Waals surface area contributed by atoms with Gasteiger partial charge < -0.3 is 5.43 Å². The van der Waals surface area contributed by atoms with E-state index in [-0.39, 0.29) is 0 Å². The summed E-state index contributed by atoms with van der Waals surface area (Å²) in [6.45, 7) is 5.48. The quantitative estimate of drug-likeness (QED) is 0.683. The van der Waals surface area contributed by atoms with Crippen molar-refractivity contribution in [1.29, 1.82) is 0 Å². The lowest BCUT2D eigenvalue weighted by atomic mass is 10.0. The number of fused-ring (bicyclic) bond motifs is 1. The molecule has 0 amide bonds. The summed E-state index contributed by atoms with van der Waals surface area (Å²) in [5, 5.41) is 4.28. The highest BCUT2D eigenvalue weighted by Gasteiger charge is 2.15. The SMILES string of the molecule is CC(C)c1cnn2c1CCCN2. The highest BCUT2D eigenvalue weighted by Crippen LogP contribution is 2.21. The second-order valence-corrected chi connectivity index (χ2v) is 3.62. The van der Waals surface area contributed by atoms with Gasteiger partial charge in [-0.1, -0.05) is 13.8 Å². The first kappa shape index (κ1) is 7.65. The van der Waals surface area contributed by atoms with E-state index in [4.69, 9.17) is 0 Å². The van der Waals surface area contributed by atoms with Gasteiger partial charge in [-0.25, -0.2) is 0 Å². The molecule has 0 radical (unpaired) electrons. The molecule has 2 rings (SSSR count). The Morgan fingerprint density at radius 3 is 3.17 bits per heavy atom. The lowest BCUT2D eigenvalue weighted by molar-refractivity contribution is 0.602. The normalized spacial score (nSPS) is 15.9. The van der Waals surface area contributed by atoms with Gasteiger partial charge in [0, 0.05) is 6.54 Å². The lowest BCUT2D eigenvalue weighted by Gasteiger charge is -2.17. The predicted molar refractivity (Wildman–Crippen MR) is 48.9 cm³/mol. The third-order valence-electron chi connectivity index (χ3n) is 2.38. The second-order valence-electron chi connectivity index (χ2n) is 3.62. The smallest absolute Gasteiger partial charge is 0.0655 e. The van der Waals surface area contributed by atoms with E-state index >= 15 is 0 Å². The summed E-state index contributed by atoms with van der Waals surface area (Å²) in [6, 6.07) is 0. The maximum atomic E-state index is 4.28. The molecule has 0 atom stereocenters.